The van der Waals surface area contributed by atoms with Gasteiger partial charge in [-0.2, -0.15) is 0 Å². The Balaban J connectivity index is 2.26. The number of ketones is 1. The summed E-state index contributed by atoms with van der Waals surface area (Å²) in [6.45, 7) is 7.40. The van der Waals surface area contributed by atoms with Crippen LogP contribution in [0.3, 0.4) is 0 Å². The maximum absolute atomic E-state index is 13.7. The molecule has 3 atom stereocenters. The number of carbonyl (C=O) groups is 3. The third-order valence-corrected chi connectivity index (χ3v) is 6.21. The summed E-state index contributed by atoms with van der Waals surface area (Å²) in [7, 11) is 1.24. The van der Waals surface area contributed by atoms with Gasteiger partial charge in [0, 0.05) is 22.9 Å². The molecule has 1 heterocycles. The zero-order chi connectivity index (χ0) is 24.4. The molecule has 33 heavy (non-hydrogen) atoms. The average molecular weight is 478 g/mol. The summed E-state index contributed by atoms with van der Waals surface area (Å²) in [6.07, 6.45) is 0.412. The van der Waals surface area contributed by atoms with Crippen LogP contribution >= 0.6 is 11.6 Å². The van der Waals surface area contributed by atoms with E-state index < -0.39 is 29.6 Å². The van der Waals surface area contributed by atoms with Crippen molar-refractivity contribution in [3.63, 3.8) is 0 Å². The zero-order valence-corrected chi connectivity index (χ0v) is 20.0. The monoisotopic (exact) mass is 477 g/mol. The van der Waals surface area contributed by atoms with Crippen LogP contribution in [-0.4, -0.2) is 43.2 Å². The molecule has 0 aromatic heterocycles. The molecule has 0 amide bonds. The van der Waals surface area contributed by atoms with Crippen molar-refractivity contribution >= 4 is 29.3 Å². The van der Waals surface area contributed by atoms with Crippen molar-refractivity contribution in [3.05, 3.63) is 45.3 Å². The minimum Gasteiger partial charge on any atom is -0.503 e. The van der Waals surface area contributed by atoms with Crippen molar-refractivity contribution in [2.24, 2.45) is 11.8 Å². The first-order valence-corrected chi connectivity index (χ1v) is 11.2. The van der Waals surface area contributed by atoms with Gasteiger partial charge in [-0.1, -0.05) is 18.5 Å². The Morgan fingerprint density at radius 3 is 2.55 bits per heavy atom. The number of nitrogens with one attached hydrogen (secondary N) is 1. The van der Waals surface area contributed by atoms with Crippen LogP contribution in [0, 0.1) is 11.8 Å². The number of phenols is 1. The Labute approximate surface area is 197 Å². The largest absolute Gasteiger partial charge is 0.503 e. The summed E-state index contributed by atoms with van der Waals surface area (Å²) in [6, 6.07) is 3.04. The van der Waals surface area contributed by atoms with Crippen LogP contribution in [0.5, 0.6) is 11.5 Å². The third kappa shape index (κ3) is 4.44. The predicted octanol–water partition coefficient (Wildman–Crippen LogP) is 3.62. The number of halogens is 1. The fraction of sp³-hybridized carbons (Fsp3) is 0.458. The number of carbonyl (C=O) groups excluding carboxylic acids is 3. The molecule has 178 valence electrons. The quantitative estimate of drug-likeness (QED) is 0.472. The van der Waals surface area contributed by atoms with Gasteiger partial charge in [0.15, 0.2) is 17.3 Å². The molecule has 0 saturated carbocycles. The second-order valence-corrected chi connectivity index (χ2v) is 8.45. The van der Waals surface area contributed by atoms with Gasteiger partial charge in [0.2, 0.25) is 0 Å². The number of allylic oxidation sites excluding steroid dienone is 3. The smallest absolute Gasteiger partial charge is 0.336 e. The Kier molecular flexibility index (Phi) is 7.37. The molecule has 8 nitrogen and oxygen atoms in total. The lowest BCUT2D eigenvalue weighted by Gasteiger charge is -2.38. The lowest BCUT2D eigenvalue weighted by atomic mass is 9.69. The molecule has 3 rings (SSSR count). The molecule has 1 aromatic rings. The minimum absolute atomic E-state index is 0.0126. The van der Waals surface area contributed by atoms with E-state index in [1.807, 2.05) is 6.92 Å². The first kappa shape index (κ1) is 24.6. The topological polar surface area (TPSA) is 111 Å². The molecule has 2 aliphatic rings. The van der Waals surface area contributed by atoms with Gasteiger partial charge >= 0.3 is 11.9 Å². The van der Waals surface area contributed by atoms with Gasteiger partial charge < -0.3 is 24.6 Å². The fourth-order valence-corrected chi connectivity index (χ4v) is 4.74. The fourth-order valence-electron chi connectivity index (χ4n) is 4.52. The SMILES string of the molecule is CCOC(=O)C1=C(C)NC2=C(C(=O)[C@H](C(=O)OC)[C@@H](C)C2)[C@@H]1c1cc(Cl)c(O)c(OCC)c1. The first-order valence-electron chi connectivity index (χ1n) is 10.8. The maximum Gasteiger partial charge on any atom is 0.336 e. The van der Waals surface area contributed by atoms with Crippen molar-refractivity contribution in [3.8, 4) is 11.5 Å². The Morgan fingerprint density at radius 1 is 1.24 bits per heavy atom. The second-order valence-electron chi connectivity index (χ2n) is 8.04. The highest BCUT2D eigenvalue weighted by molar-refractivity contribution is 6.32. The van der Waals surface area contributed by atoms with Gasteiger partial charge in [-0.15, -0.1) is 0 Å². The van der Waals surface area contributed by atoms with Crippen LogP contribution in [0.1, 0.15) is 45.6 Å². The number of aromatic hydroxyl groups is 1. The molecule has 0 spiro atoms. The number of rotatable bonds is 6. The lowest BCUT2D eigenvalue weighted by Crippen LogP contribution is -2.43. The van der Waals surface area contributed by atoms with E-state index in [1.54, 1.807) is 26.8 Å². The molecule has 1 aromatic carbocycles. The molecule has 0 fully saturated rings. The number of methoxy groups -OCH3 is 1. The third-order valence-electron chi connectivity index (χ3n) is 5.92. The zero-order valence-electron chi connectivity index (χ0n) is 19.3. The normalized spacial score (nSPS) is 22.5. The Morgan fingerprint density at radius 2 is 1.94 bits per heavy atom. The first-order chi connectivity index (χ1) is 15.7. The molecule has 0 bridgehead atoms. The van der Waals surface area contributed by atoms with E-state index in [-0.39, 0.29) is 46.8 Å². The van der Waals surface area contributed by atoms with Crippen molar-refractivity contribution in [1.82, 2.24) is 5.32 Å². The van der Waals surface area contributed by atoms with Gasteiger partial charge in [-0.05, 0) is 50.8 Å². The highest BCUT2D eigenvalue weighted by Gasteiger charge is 2.47. The van der Waals surface area contributed by atoms with Crippen LogP contribution < -0.4 is 10.1 Å². The summed E-state index contributed by atoms with van der Waals surface area (Å²) in [5.74, 6) is -3.92. The van der Waals surface area contributed by atoms with Crippen molar-refractivity contribution in [2.75, 3.05) is 20.3 Å². The van der Waals surface area contributed by atoms with Crippen LogP contribution in [0.15, 0.2) is 34.7 Å². The number of benzene rings is 1. The minimum atomic E-state index is -1.00. The molecule has 2 N–H and O–H groups in total. The van der Waals surface area contributed by atoms with Crippen LogP contribution in [0.4, 0.5) is 0 Å². The van der Waals surface area contributed by atoms with E-state index >= 15 is 0 Å². The number of ether oxygens (including phenoxy) is 3. The predicted molar refractivity (Wildman–Crippen MR) is 121 cm³/mol. The summed E-state index contributed by atoms with van der Waals surface area (Å²) < 4.78 is 15.7. The van der Waals surface area contributed by atoms with Gasteiger partial charge in [-0.25, -0.2) is 4.79 Å². The van der Waals surface area contributed by atoms with Crippen molar-refractivity contribution < 1.29 is 33.7 Å². The van der Waals surface area contributed by atoms with Crippen molar-refractivity contribution in [2.45, 2.75) is 40.0 Å². The van der Waals surface area contributed by atoms with E-state index in [1.165, 1.54) is 13.2 Å². The van der Waals surface area contributed by atoms with E-state index in [2.05, 4.69) is 5.32 Å². The summed E-state index contributed by atoms with van der Waals surface area (Å²) in [5.41, 5.74) is 2.14. The molecule has 0 saturated heterocycles. The van der Waals surface area contributed by atoms with Gasteiger partial charge in [-0.3, -0.25) is 9.59 Å². The number of hydrogen-bond donors (Lipinski definition) is 2. The molecular formula is C24H28ClNO7. The number of phenolic OH excluding ortho intramolecular Hbond substituents is 1. The van der Waals surface area contributed by atoms with Gasteiger partial charge in [0.05, 0.1) is 30.9 Å². The summed E-state index contributed by atoms with van der Waals surface area (Å²) in [4.78, 5) is 39.1. The summed E-state index contributed by atoms with van der Waals surface area (Å²) >= 11 is 6.28. The van der Waals surface area contributed by atoms with Gasteiger partial charge in [0.1, 0.15) is 5.92 Å². The van der Waals surface area contributed by atoms with Crippen LogP contribution in [-0.2, 0) is 23.9 Å². The average Bonchev–Trinajstić information content (AvgIpc) is 2.75. The molecule has 1 aliphatic carbocycles. The number of hydrogen-bond acceptors (Lipinski definition) is 8. The molecular weight excluding hydrogens is 450 g/mol. The molecule has 0 unspecified atom stereocenters. The molecule has 9 heteroatoms. The Hall–Kier alpha value is -3.00. The summed E-state index contributed by atoms with van der Waals surface area (Å²) in [5, 5.41) is 13.5. The van der Waals surface area contributed by atoms with E-state index in [9.17, 15) is 19.5 Å². The number of dihydropyridines is 1. The Bertz CT molecular complexity index is 1060. The standard InChI is InChI=1S/C24H28ClNO7/c1-6-32-16-10-13(9-14(25)21(16)27)19-18(24(30)33-7-2)12(4)26-15-8-11(3)17(23(29)31-5)22(28)20(15)19/h9-11,17,19,26-27H,6-8H2,1-5H3/t11-,17+,19+/m0/s1. The highest BCUT2D eigenvalue weighted by Crippen LogP contribution is 2.48. The second kappa shape index (κ2) is 9.87. The maximum atomic E-state index is 13.7. The van der Waals surface area contributed by atoms with E-state index in [4.69, 9.17) is 25.8 Å². The number of Topliss-reactive ketones (excluding diaryl/α,β-unsaturated/α-hetero) is 1. The van der Waals surface area contributed by atoms with Crippen LogP contribution in [0.2, 0.25) is 5.02 Å². The molecule has 0 radical (unpaired) electrons. The van der Waals surface area contributed by atoms with Crippen molar-refractivity contribution in [1.29, 1.82) is 0 Å². The number of esters is 2. The van der Waals surface area contributed by atoms with E-state index in [0.717, 1.165) is 0 Å². The lowest BCUT2D eigenvalue weighted by molar-refractivity contribution is -0.151. The molecule has 1 aliphatic heterocycles. The van der Waals surface area contributed by atoms with Crippen LogP contribution in [0.25, 0.3) is 0 Å². The highest BCUT2D eigenvalue weighted by atomic mass is 35.5. The van der Waals surface area contributed by atoms with E-state index in [0.29, 0.717) is 23.4 Å². The van der Waals surface area contributed by atoms with Gasteiger partial charge in [0.25, 0.3) is 0 Å².